The van der Waals surface area contributed by atoms with Gasteiger partial charge in [0.15, 0.2) is 0 Å². The number of nitrogens with one attached hydrogen (secondary N) is 2. The molecule has 21 heavy (non-hydrogen) atoms. The van der Waals surface area contributed by atoms with E-state index in [0.29, 0.717) is 5.69 Å². The molecule has 0 atom stereocenters. The van der Waals surface area contributed by atoms with Gasteiger partial charge in [0.05, 0.1) is 19.3 Å². The standard InChI is InChI=1S/C16H16FN3O/c1-21-13-4-2-3-12(10-13)20-15-6-5-11(9-14(15)17)16-18-7-8-19-16/h2-6,9-10,20H,7-8H2,1H3,(H,18,19). The summed E-state index contributed by atoms with van der Waals surface area (Å²) in [5.41, 5.74) is 1.96. The molecule has 0 spiro atoms. The molecule has 0 bridgehead atoms. The Morgan fingerprint density at radius 1 is 1.24 bits per heavy atom. The van der Waals surface area contributed by atoms with Crippen molar-refractivity contribution < 1.29 is 9.13 Å². The van der Waals surface area contributed by atoms with E-state index in [0.717, 1.165) is 35.9 Å². The Balaban J connectivity index is 1.82. The van der Waals surface area contributed by atoms with E-state index < -0.39 is 0 Å². The van der Waals surface area contributed by atoms with Crippen molar-refractivity contribution in [3.63, 3.8) is 0 Å². The molecule has 5 heteroatoms. The highest BCUT2D eigenvalue weighted by molar-refractivity contribution is 6.00. The molecule has 2 aromatic carbocycles. The van der Waals surface area contributed by atoms with Crippen LogP contribution in [0.25, 0.3) is 0 Å². The minimum absolute atomic E-state index is 0.313. The average Bonchev–Trinajstić information content (AvgIpc) is 3.04. The minimum Gasteiger partial charge on any atom is -0.497 e. The van der Waals surface area contributed by atoms with Crippen LogP contribution in [0.4, 0.5) is 15.8 Å². The van der Waals surface area contributed by atoms with Gasteiger partial charge in [-0.05, 0) is 30.3 Å². The molecular weight excluding hydrogens is 269 g/mol. The Hall–Kier alpha value is -2.56. The summed E-state index contributed by atoms with van der Waals surface area (Å²) in [6, 6.07) is 12.4. The summed E-state index contributed by atoms with van der Waals surface area (Å²) < 4.78 is 19.3. The molecule has 0 amide bonds. The lowest BCUT2D eigenvalue weighted by atomic mass is 10.1. The van der Waals surface area contributed by atoms with Crippen LogP contribution >= 0.6 is 0 Å². The monoisotopic (exact) mass is 285 g/mol. The molecular formula is C16H16FN3O. The second-order valence-corrected chi connectivity index (χ2v) is 4.71. The van der Waals surface area contributed by atoms with Crippen LogP contribution in [-0.2, 0) is 0 Å². The summed E-state index contributed by atoms with van der Waals surface area (Å²) in [7, 11) is 1.60. The fraction of sp³-hybridized carbons (Fsp3) is 0.188. The summed E-state index contributed by atoms with van der Waals surface area (Å²) in [6.07, 6.45) is 0. The first-order valence-corrected chi connectivity index (χ1v) is 6.75. The maximum Gasteiger partial charge on any atom is 0.147 e. The van der Waals surface area contributed by atoms with Crippen LogP contribution in [0.5, 0.6) is 5.75 Å². The number of halogens is 1. The zero-order valence-corrected chi connectivity index (χ0v) is 11.7. The van der Waals surface area contributed by atoms with Gasteiger partial charge in [-0.1, -0.05) is 6.07 Å². The summed E-state index contributed by atoms with van der Waals surface area (Å²) in [5.74, 6) is 1.16. The van der Waals surface area contributed by atoms with Crippen LogP contribution in [0.15, 0.2) is 47.5 Å². The average molecular weight is 285 g/mol. The van der Waals surface area contributed by atoms with Crippen LogP contribution in [0.3, 0.4) is 0 Å². The first-order valence-electron chi connectivity index (χ1n) is 6.75. The first-order chi connectivity index (χ1) is 10.3. The lowest BCUT2D eigenvalue weighted by Gasteiger charge is -2.10. The number of ether oxygens (including phenoxy) is 1. The normalized spacial score (nSPS) is 13.5. The molecule has 0 fully saturated rings. The van der Waals surface area contributed by atoms with Crippen LogP contribution in [-0.4, -0.2) is 26.0 Å². The molecule has 4 nitrogen and oxygen atoms in total. The van der Waals surface area contributed by atoms with Crippen molar-refractivity contribution in [3.05, 3.63) is 53.8 Å². The number of methoxy groups -OCH3 is 1. The van der Waals surface area contributed by atoms with E-state index in [1.54, 1.807) is 13.2 Å². The van der Waals surface area contributed by atoms with Gasteiger partial charge < -0.3 is 15.4 Å². The molecule has 0 radical (unpaired) electrons. The number of hydrogen-bond acceptors (Lipinski definition) is 4. The Bertz CT molecular complexity index is 685. The second-order valence-electron chi connectivity index (χ2n) is 4.71. The highest BCUT2D eigenvalue weighted by Crippen LogP contribution is 2.24. The van der Waals surface area contributed by atoms with Gasteiger partial charge in [0.25, 0.3) is 0 Å². The molecule has 2 aromatic rings. The van der Waals surface area contributed by atoms with E-state index >= 15 is 0 Å². The summed E-state index contributed by atoms with van der Waals surface area (Å²) in [6.45, 7) is 1.54. The van der Waals surface area contributed by atoms with E-state index in [4.69, 9.17) is 4.74 Å². The van der Waals surface area contributed by atoms with Crippen molar-refractivity contribution >= 4 is 17.2 Å². The SMILES string of the molecule is COc1cccc(Nc2ccc(C3=NCCN3)cc2F)c1. The summed E-state index contributed by atoms with van der Waals surface area (Å²) >= 11 is 0. The molecule has 1 aliphatic rings. The molecule has 0 aliphatic carbocycles. The van der Waals surface area contributed by atoms with Gasteiger partial charge in [-0.15, -0.1) is 0 Å². The number of benzene rings is 2. The van der Waals surface area contributed by atoms with Gasteiger partial charge in [-0.25, -0.2) is 4.39 Å². The van der Waals surface area contributed by atoms with Crippen LogP contribution < -0.4 is 15.4 Å². The Morgan fingerprint density at radius 3 is 2.86 bits per heavy atom. The van der Waals surface area contributed by atoms with Crippen molar-refractivity contribution in [1.29, 1.82) is 0 Å². The predicted octanol–water partition coefficient (Wildman–Crippen LogP) is 2.93. The fourth-order valence-electron chi connectivity index (χ4n) is 2.21. The predicted molar refractivity (Wildman–Crippen MR) is 82.1 cm³/mol. The number of nitrogens with zero attached hydrogens (tertiary/aromatic N) is 1. The van der Waals surface area contributed by atoms with Crippen molar-refractivity contribution in [2.24, 2.45) is 4.99 Å². The third kappa shape index (κ3) is 2.97. The van der Waals surface area contributed by atoms with Gasteiger partial charge in [-0.2, -0.15) is 0 Å². The molecule has 108 valence electrons. The lowest BCUT2D eigenvalue weighted by Crippen LogP contribution is -2.19. The zero-order valence-electron chi connectivity index (χ0n) is 11.7. The zero-order chi connectivity index (χ0) is 14.7. The van der Waals surface area contributed by atoms with Crippen molar-refractivity contribution in [2.45, 2.75) is 0 Å². The van der Waals surface area contributed by atoms with E-state index in [2.05, 4.69) is 15.6 Å². The second kappa shape index (κ2) is 5.83. The van der Waals surface area contributed by atoms with Crippen molar-refractivity contribution in [3.8, 4) is 5.75 Å². The van der Waals surface area contributed by atoms with Crippen LogP contribution in [0.2, 0.25) is 0 Å². The molecule has 0 unspecified atom stereocenters. The van der Waals surface area contributed by atoms with Crippen molar-refractivity contribution in [2.75, 3.05) is 25.5 Å². The number of anilines is 2. The molecule has 3 rings (SSSR count). The number of hydrogen-bond donors (Lipinski definition) is 2. The van der Waals surface area contributed by atoms with Crippen LogP contribution in [0.1, 0.15) is 5.56 Å². The quantitative estimate of drug-likeness (QED) is 0.908. The smallest absolute Gasteiger partial charge is 0.147 e. The molecule has 1 heterocycles. The Kier molecular flexibility index (Phi) is 3.73. The minimum atomic E-state index is -0.313. The number of rotatable bonds is 4. The topological polar surface area (TPSA) is 45.6 Å². The van der Waals surface area contributed by atoms with E-state index in [1.807, 2.05) is 30.3 Å². The molecule has 1 aliphatic heterocycles. The van der Waals surface area contributed by atoms with Crippen LogP contribution in [0, 0.1) is 5.82 Å². The molecule has 2 N–H and O–H groups in total. The van der Waals surface area contributed by atoms with Gasteiger partial charge in [0.1, 0.15) is 17.4 Å². The highest BCUT2D eigenvalue weighted by atomic mass is 19.1. The lowest BCUT2D eigenvalue weighted by molar-refractivity contribution is 0.415. The van der Waals surface area contributed by atoms with Gasteiger partial charge >= 0.3 is 0 Å². The van der Waals surface area contributed by atoms with E-state index in [9.17, 15) is 4.39 Å². The third-order valence-corrected chi connectivity index (χ3v) is 3.27. The number of aliphatic imine (C=N–C) groups is 1. The Morgan fingerprint density at radius 2 is 2.14 bits per heavy atom. The Labute approximate surface area is 122 Å². The third-order valence-electron chi connectivity index (χ3n) is 3.27. The van der Waals surface area contributed by atoms with Gasteiger partial charge in [0, 0.05) is 23.9 Å². The van der Waals surface area contributed by atoms with Crippen molar-refractivity contribution in [1.82, 2.24) is 5.32 Å². The van der Waals surface area contributed by atoms with Gasteiger partial charge in [-0.3, -0.25) is 4.99 Å². The maximum atomic E-state index is 14.2. The fourth-order valence-corrected chi connectivity index (χ4v) is 2.21. The maximum absolute atomic E-state index is 14.2. The summed E-state index contributed by atoms with van der Waals surface area (Å²) in [4.78, 5) is 4.29. The largest absolute Gasteiger partial charge is 0.497 e. The number of amidine groups is 1. The first kappa shape index (κ1) is 13.4. The van der Waals surface area contributed by atoms with E-state index in [-0.39, 0.29) is 5.82 Å². The molecule has 0 saturated carbocycles. The molecule has 0 saturated heterocycles. The highest BCUT2D eigenvalue weighted by Gasteiger charge is 2.11. The van der Waals surface area contributed by atoms with Gasteiger partial charge in [0.2, 0.25) is 0 Å². The summed E-state index contributed by atoms with van der Waals surface area (Å²) in [5, 5.41) is 6.18. The molecule has 0 aromatic heterocycles. The van der Waals surface area contributed by atoms with E-state index in [1.165, 1.54) is 6.07 Å².